The molecule has 0 saturated heterocycles. The van der Waals surface area contributed by atoms with Gasteiger partial charge in [-0.3, -0.25) is 0 Å². The van der Waals surface area contributed by atoms with E-state index in [1.54, 1.807) is 0 Å². The van der Waals surface area contributed by atoms with Gasteiger partial charge in [-0.15, -0.1) is 0 Å². The zero-order chi connectivity index (χ0) is 15.1. The minimum absolute atomic E-state index is 0.117. The van der Waals surface area contributed by atoms with E-state index in [1.807, 2.05) is 32.0 Å². The molecule has 2 rings (SSSR count). The molecule has 0 fully saturated rings. The standard InChI is InChI=1S/C16H23N3O2/c1-3-14(20-4-2)15-18-16(21-19-15)13(17)11-10-12-8-6-5-7-9-12/h5-9,13-14H,3-4,10-11,17H2,1-2H3/t13-,14?/m0/s1. The maximum absolute atomic E-state index is 6.13. The van der Waals surface area contributed by atoms with Crippen molar-refractivity contribution in [2.45, 2.75) is 45.3 Å². The number of aryl methyl sites for hydroxylation is 1. The Kier molecular flexibility index (Phi) is 5.90. The average Bonchev–Trinajstić information content (AvgIpc) is 3.01. The van der Waals surface area contributed by atoms with Crippen LogP contribution in [0.3, 0.4) is 0 Å². The summed E-state index contributed by atoms with van der Waals surface area (Å²) in [6, 6.07) is 10.00. The Morgan fingerprint density at radius 1 is 1.24 bits per heavy atom. The molecule has 0 aliphatic carbocycles. The number of hydrogen-bond acceptors (Lipinski definition) is 5. The molecule has 1 aromatic heterocycles. The summed E-state index contributed by atoms with van der Waals surface area (Å²) in [5.41, 5.74) is 7.39. The Morgan fingerprint density at radius 2 is 2.00 bits per heavy atom. The summed E-state index contributed by atoms with van der Waals surface area (Å²) in [4.78, 5) is 4.38. The Labute approximate surface area is 125 Å². The van der Waals surface area contributed by atoms with Gasteiger partial charge in [0, 0.05) is 6.61 Å². The first-order valence-corrected chi connectivity index (χ1v) is 7.49. The largest absolute Gasteiger partial charge is 0.370 e. The lowest BCUT2D eigenvalue weighted by atomic mass is 10.1. The zero-order valence-electron chi connectivity index (χ0n) is 12.7. The van der Waals surface area contributed by atoms with Gasteiger partial charge in [-0.05, 0) is 31.7 Å². The monoisotopic (exact) mass is 289 g/mol. The van der Waals surface area contributed by atoms with Crippen LogP contribution in [0.1, 0.15) is 56.1 Å². The van der Waals surface area contributed by atoms with E-state index >= 15 is 0 Å². The highest BCUT2D eigenvalue weighted by Gasteiger charge is 2.20. The van der Waals surface area contributed by atoms with Gasteiger partial charge in [0.05, 0.1) is 6.04 Å². The quantitative estimate of drug-likeness (QED) is 0.807. The maximum atomic E-state index is 6.13. The van der Waals surface area contributed by atoms with Gasteiger partial charge in [0.1, 0.15) is 6.10 Å². The molecule has 1 heterocycles. The van der Waals surface area contributed by atoms with Crippen LogP contribution in [0.4, 0.5) is 0 Å². The highest BCUT2D eigenvalue weighted by atomic mass is 16.5. The molecule has 0 amide bonds. The number of rotatable bonds is 8. The average molecular weight is 289 g/mol. The second-order valence-electron chi connectivity index (χ2n) is 4.97. The van der Waals surface area contributed by atoms with Gasteiger partial charge in [0.25, 0.3) is 0 Å². The first kappa shape index (κ1) is 15.7. The third-order valence-corrected chi connectivity index (χ3v) is 3.39. The first-order chi connectivity index (χ1) is 10.2. The molecular weight excluding hydrogens is 266 g/mol. The van der Waals surface area contributed by atoms with E-state index in [-0.39, 0.29) is 12.1 Å². The minimum atomic E-state index is -0.245. The lowest BCUT2D eigenvalue weighted by Gasteiger charge is -2.09. The first-order valence-electron chi connectivity index (χ1n) is 7.49. The van der Waals surface area contributed by atoms with Crippen LogP contribution in [-0.4, -0.2) is 16.7 Å². The maximum Gasteiger partial charge on any atom is 0.243 e. The van der Waals surface area contributed by atoms with E-state index in [0.29, 0.717) is 18.3 Å². The van der Waals surface area contributed by atoms with E-state index in [4.69, 9.17) is 15.0 Å². The number of hydrogen-bond donors (Lipinski definition) is 1. The highest BCUT2D eigenvalue weighted by molar-refractivity contribution is 5.15. The second kappa shape index (κ2) is 7.90. The molecule has 0 saturated carbocycles. The van der Waals surface area contributed by atoms with Crippen LogP contribution in [0, 0.1) is 0 Å². The number of ether oxygens (including phenoxy) is 1. The van der Waals surface area contributed by atoms with Crippen LogP contribution in [0.15, 0.2) is 34.9 Å². The van der Waals surface area contributed by atoms with Gasteiger partial charge in [0.2, 0.25) is 11.7 Å². The third-order valence-electron chi connectivity index (χ3n) is 3.39. The zero-order valence-corrected chi connectivity index (χ0v) is 12.7. The van der Waals surface area contributed by atoms with Gasteiger partial charge >= 0.3 is 0 Å². The molecule has 1 aromatic carbocycles. The predicted molar refractivity (Wildman–Crippen MR) is 80.6 cm³/mol. The fourth-order valence-corrected chi connectivity index (χ4v) is 2.20. The van der Waals surface area contributed by atoms with Gasteiger partial charge in [-0.1, -0.05) is 42.4 Å². The smallest absolute Gasteiger partial charge is 0.243 e. The highest BCUT2D eigenvalue weighted by Crippen LogP contribution is 2.21. The van der Waals surface area contributed by atoms with Crippen molar-refractivity contribution in [2.24, 2.45) is 5.73 Å². The number of aromatic nitrogens is 2. The van der Waals surface area contributed by atoms with E-state index < -0.39 is 0 Å². The number of nitrogens with two attached hydrogens (primary N) is 1. The van der Waals surface area contributed by atoms with Gasteiger partial charge < -0.3 is 15.0 Å². The van der Waals surface area contributed by atoms with E-state index in [0.717, 1.165) is 19.3 Å². The Balaban J connectivity index is 1.93. The van der Waals surface area contributed by atoms with Crippen LogP contribution in [0.25, 0.3) is 0 Å². The predicted octanol–water partition coefficient (Wildman–Crippen LogP) is 3.19. The summed E-state index contributed by atoms with van der Waals surface area (Å²) in [7, 11) is 0. The SMILES string of the molecule is CCOC(CC)c1noc([C@@H](N)CCc2ccccc2)n1. The summed E-state index contributed by atoms with van der Waals surface area (Å²) in [6.45, 7) is 4.61. The van der Waals surface area contributed by atoms with Gasteiger partial charge in [-0.25, -0.2) is 0 Å². The molecule has 0 aliphatic rings. The van der Waals surface area contributed by atoms with Crippen LogP contribution in [-0.2, 0) is 11.2 Å². The molecule has 2 N–H and O–H groups in total. The van der Waals surface area contributed by atoms with Crippen molar-refractivity contribution in [2.75, 3.05) is 6.61 Å². The van der Waals surface area contributed by atoms with Crippen LogP contribution >= 0.6 is 0 Å². The number of benzene rings is 1. The third kappa shape index (κ3) is 4.37. The van der Waals surface area contributed by atoms with Crippen molar-refractivity contribution in [1.82, 2.24) is 10.1 Å². The lowest BCUT2D eigenvalue weighted by molar-refractivity contribution is 0.0518. The molecule has 2 atom stereocenters. The van der Waals surface area contributed by atoms with Crippen LogP contribution in [0.2, 0.25) is 0 Å². The van der Waals surface area contributed by atoms with E-state index in [2.05, 4.69) is 22.3 Å². The van der Waals surface area contributed by atoms with Gasteiger partial charge in [-0.2, -0.15) is 4.98 Å². The van der Waals surface area contributed by atoms with Crippen molar-refractivity contribution >= 4 is 0 Å². The van der Waals surface area contributed by atoms with Crippen molar-refractivity contribution in [3.8, 4) is 0 Å². The molecular formula is C16H23N3O2. The summed E-state index contributed by atoms with van der Waals surface area (Å²) in [5.74, 6) is 1.07. The van der Waals surface area contributed by atoms with Gasteiger partial charge in [0.15, 0.2) is 0 Å². The summed E-state index contributed by atoms with van der Waals surface area (Å²) >= 11 is 0. The Hall–Kier alpha value is -1.72. The fourth-order valence-electron chi connectivity index (χ4n) is 2.20. The van der Waals surface area contributed by atoms with Crippen molar-refractivity contribution in [1.29, 1.82) is 0 Å². The summed E-state index contributed by atoms with van der Waals surface area (Å²) in [5, 5.41) is 3.99. The minimum Gasteiger partial charge on any atom is -0.370 e. The van der Waals surface area contributed by atoms with Crippen molar-refractivity contribution in [3.05, 3.63) is 47.6 Å². The molecule has 0 spiro atoms. The molecule has 2 aromatic rings. The summed E-state index contributed by atoms with van der Waals surface area (Å²) < 4.78 is 10.9. The molecule has 0 aliphatic heterocycles. The normalized spacial score (nSPS) is 14.0. The topological polar surface area (TPSA) is 74.2 Å². The molecule has 21 heavy (non-hydrogen) atoms. The van der Waals surface area contributed by atoms with Crippen molar-refractivity contribution in [3.63, 3.8) is 0 Å². The van der Waals surface area contributed by atoms with Crippen LogP contribution < -0.4 is 5.73 Å². The molecule has 0 radical (unpaired) electrons. The molecule has 0 bridgehead atoms. The summed E-state index contributed by atoms with van der Waals surface area (Å²) in [6.07, 6.45) is 2.36. The molecule has 5 heteroatoms. The molecule has 1 unspecified atom stereocenters. The van der Waals surface area contributed by atoms with Crippen LogP contribution in [0.5, 0.6) is 0 Å². The number of nitrogens with zero attached hydrogens (tertiary/aromatic N) is 2. The second-order valence-corrected chi connectivity index (χ2v) is 4.97. The molecule has 5 nitrogen and oxygen atoms in total. The fraction of sp³-hybridized carbons (Fsp3) is 0.500. The van der Waals surface area contributed by atoms with Crippen molar-refractivity contribution < 1.29 is 9.26 Å². The van der Waals surface area contributed by atoms with E-state index in [1.165, 1.54) is 5.56 Å². The Morgan fingerprint density at radius 3 is 2.67 bits per heavy atom. The Bertz CT molecular complexity index is 527. The lowest BCUT2D eigenvalue weighted by Crippen LogP contribution is -2.12. The van der Waals surface area contributed by atoms with E-state index in [9.17, 15) is 0 Å². The molecule has 114 valence electrons.